The number of likely N-dealkylation sites (N-methyl/N-ethyl adjacent to an activating group) is 1. The first kappa shape index (κ1) is 10.7. The molecule has 14 heavy (non-hydrogen) atoms. The van der Waals surface area contributed by atoms with Crippen molar-refractivity contribution < 1.29 is 9.32 Å². The number of aromatic nitrogens is 1. The third-order valence-electron chi connectivity index (χ3n) is 1.94. The van der Waals surface area contributed by atoms with E-state index < -0.39 is 0 Å². The van der Waals surface area contributed by atoms with Crippen molar-refractivity contribution in [2.24, 2.45) is 0 Å². The van der Waals surface area contributed by atoms with Gasteiger partial charge in [-0.05, 0) is 20.9 Å². The lowest BCUT2D eigenvalue weighted by Crippen LogP contribution is -2.39. The second kappa shape index (κ2) is 4.76. The second-order valence-corrected chi connectivity index (χ2v) is 3.16. The van der Waals surface area contributed by atoms with Crippen molar-refractivity contribution >= 4 is 5.91 Å². The van der Waals surface area contributed by atoms with Gasteiger partial charge >= 0.3 is 0 Å². The minimum Gasteiger partial charge on any atom is -0.359 e. The van der Waals surface area contributed by atoms with E-state index in [1.807, 2.05) is 6.92 Å². The largest absolute Gasteiger partial charge is 0.359 e. The van der Waals surface area contributed by atoms with Gasteiger partial charge in [-0.15, -0.1) is 0 Å². The van der Waals surface area contributed by atoms with Gasteiger partial charge in [0.1, 0.15) is 0 Å². The number of amides is 1. The lowest BCUT2D eigenvalue weighted by molar-refractivity contribution is -0.122. The molecule has 5 nitrogen and oxygen atoms in total. The molecule has 0 spiro atoms. The van der Waals surface area contributed by atoms with Crippen LogP contribution < -0.4 is 10.6 Å². The maximum atomic E-state index is 11.3. The van der Waals surface area contributed by atoms with E-state index in [0.29, 0.717) is 12.3 Å². The van der Waals surface area contributed by atoms with Gasteiger partial charge in [0.15, 0.2) is 5.76 Å². The van der Waals surface area contributed by atoms with Gasteiger partial charge in [-0.1, -0.05) is 5.16 Å². The van der Waals surface area contributed by atoms with E-state index in [-0.39, 0.29) is 11.9 Å². The zero-order valence-corrected chi connectivity index (χ0v) is 8.63. The molecule has 1 unspecified atom stereocenters. The number of hydrogen-bond acceptors (Lipinski definition) is 4. The average Bonchev–Trinajstić information content (AvgIpc) is 2.59. The summed E-state index contributed by atoms with van der Waals surface area (Å²) in [7, 11) is 1.74. The molecule has 1 atom stereocenters. The Morgan fingerprint density at radius 3 is 2.93 bits per heavy atom. The average molecular weight is 197 g/mol. The van der Waals surface area contributed by atoms with Crippen LogP contribution in [0.3, 0.4) is 0 Å². The van der Waals surface area contributed by atoms with E-state index in [4.69, 9.17) is 4.52 Å². The monoisotopic (exact) mass is 197 g/mol. The summed E-state index contributed by atoms with van der Waals surface area (Å²) in [6, 6.07) is 1.60. The van der Waals surface area contributed by atoms with Crippen LogP contribution in [-0.4, -0.2) is 24.2 Å². The highest BCUT2D eigenvalue weighted by Gasteiger charge is 2.10. The molecule has 0 aliphatic heterocycles. The predicted molar refractivity (Wildman–Crippen MR) is 51.6 cm³/mol. The van der Waals surface area contributed by atoms with Crippen LogP contribution in [0, 0.1) is 6.92 Å². The zero-order valence-electron chi connectivity index (χ0n) is 8.63. The van der Waals surface area contributed by atoms with Crippen molar-refractivity contribution in [3.8, 4) is 0 Å². The van der Waals surface area contributed by atoms with E-state index >= 15 is 0 Å². The van der Waals surface area contributed by atoms with E-state index in [2.05, 4.69) is 15.8 Å². The highest BCUT2D eigenvalue weighted by atomic mass is 16.5. The highest BCUT2D eigenvalue weighted by molar-refractivity contribution is 5.81. The van der Waals surface area contributed by atoms with E-state index in [1.54, 1.807) is 20.0 Å². The van der Waals surface area contributed by atoms with Gasteiger partial charge in [-0.25, -0.2) is 0 Å². The molecule has 0 radical (unpaired) electrons. The number of carbonyl (C=O) groups excluding carboxylic acids is 1. The van der Waals surface area contributed by atoms with Crippen molar-refractivity contribution in [3.05, 3.63) is 17.5 Å². The third kappa shape index (κ3) is 2.85. The molecule has 78 valence electrons. The summed E-state index contributed by atoms with van der Waals surface area (Å²) in [5, 5.41) is 9.29. The Morgan fingerprint density at radius 1 is 1.71 bits per heavy atom. The van der Waals surface area contributed by atoms with Gasteiger partial charge in [-0.3, -0.25) is 4.79 Å². The first-order valence-corrected chi connectivity index (χ1v) is 4.50. The molecule has 1 rings (SSSR count). The molecule has 0 aliphatic carbocycles. The Morgan fingerprint density at radius 2 is 2.43 bits per heavy atom. The van der Waals surface area contributed by atoms with Crippen LogP contribution in [0.4, 0.5) is 0 Å². The number of rotatable bonds is 4. The quantitative estimate of drug-likeness (QED) is 0.724. The van der Waals surface area contributed by atoms with Gasteiger partial charge < -0.3 is 15.2 Å². The SMILES string of the molecule is CNC(C)C(=O)NCc1cc(C)no1. The van der Waals surface area contributed by atoms with Crippen LogP contribution >= 0.6 is 0 Å². The predicted octanol–water partition coefficient (Wildman–Crippen LogP) is 0.207. The lowest BCUT2D eigenvalue weighted by Gasteiger charge is -2.09. The summed E-state index contributed by atoms with van der Waals surface area (Å²) in [5.41, 5.74) is 0.816. The van der Waals surface area contributed by atoms with Crippen molar-refractivity contribution in [2.45, 2.75) is 26.4 Å². The Bertz CT molecular complexity index is 309. The summed E-state index contributed by atoms with van der Waals surface area (Å²) in [6.45, 7) is 4.01. The van der Waals surface area contributed by atoms with Gasteiger partial charge in [0.2, 0.25) is 5.91 Å². The number of nitrogens with one attached hydrogen (secondary N) is 2. The third-order valence-corrected chi connectivity index (χ3v) is 1.94. The molecule has 1 aromatic rings. The Hall–Kier alpha value is -1.36. The number of nitrogens with zero attached hydrogens (tertiary/aromatic N) is 1. The van der Waals surface area contributed by atoms with Crippen LogP contribution in [0.15, 0.2) is 10.6 Å². The van der Waals surface area contributed by atoms with E-state index in [1.165, 1.54) is 0 Å². The van der Waals surface area contributed by atoms with Crippen molar-refractivity contribution in [1.82, 2.24) is 15.8 Å². The Kier molecular flexibility index (Phi) is 3.64. The first-order chi connectivity index (χ1) is 6.63. The van der Waals surface area contributed by atoms with E-state index in [9.17, 15) is 4.79 Å². The fourth-order valence-electron chi connectivity index (χ4n) is 0.958. The fraction of sp³-hybridized carbons (Fsp3) is 0.556. The summed E-state index contributed by atoms with van der Waals surface area (Å²) in [4.78, 5) is 11.3. The molecule has 0 aromatic carbocycles. The summed E-state index contributed by atoms with van der Waals surface area (Å²) in [5.74, 6) is 0.612. The van der Waals surface area contributed by atoms with Gasteiger partial charge in [0.05, 0.1) is 18.3 Å². The molecule has 0 saturated heterocycles. The van der Waals surface area contributed by atoms with Crippen LogP contribution in [0.5, 0.6) is 0 Å². The molecular weight excluding hydrogens is 182 g/mol. The fourth-order valence-corrected chi connectivity index (χ4v) is 0.958. The Labute approximate surface area is 82.8 Å². The van der Waals surface area contributed by atoms with Crippen LogP contribution in [-0.2, 0) is 11.3 Å². The molecule has 0 saturated carbocycles. The van der Waals surface area contributed by atoms with Crippen LogP contribution in [0.2, 0.25) is 0 Å². The van der Waals surface area contributed by atoms with Crippen molar-refractivity contribution in [1.29, 1.82) is 0 Å². The Balaban J connectivity index is 2.37. The van der Waals surface area contributed by atoms with Crippen LogP contribution in [0.25, 0.3) is 0 Å². The normalized spacial score (nSPS) is 12.5. The first-order valence-electron chi connectivity index (χ1n) is 4.50. The maximum Gasteiger partial charge on any atom is 0.237 e. The standard InChI is InChI=1S/C9H15N3O2/c1-6-4-8(14-12-6)5-11-9(13)7(2)10-3/h4,7,10H,5H2,1-3H3,(H,11,13). The van der Waals surface area contributed by atoms with E-state index in [0.717, 1.165) is 5.69 Å². The number of carbonyl (C=O) groups is 1. The minimum atomic E-state index is -0.195. The molecule has 0 aliphatic rings. The summed E-state index contributed by atoms with van der Waals surface area (Å²) >= 11 is 0. The zero-order chi connectivity index (χ0) is 10.6. The minimum absolute atomic E-state index is 0.0541. The van der Waals surface area contributed by atoms with Gasteiger partial charge in [0.25, 0.3) is 0 Å². The molecule has 5 heteroatoms. The molecule has 1 heterocycles. The maximum absolute atomic E-state index is 11.3. The summed E-state index contributed by atoms with van der Waals surface area (Å²) in [6.07, 6.45) is 0. The lowest BCUT2D eigenvalue weighted by atomic mass is 10.3. The summed E-state index contributed by atoms with van der Waals surface area (Å²) < 4.78 is 4.94. The highest BCUT2D eigenvalue weighted by Crippen LogP contribution is 2.00. The van der Waals surface area contributed by atoms with Crippen molar-refractivity contribution in [3.63, 3.8) is 0 Å². The molecule has 2 N–H and O–H groups in total. The van der Waals surface area contributed by atoms with Gasteiger partial charge in [-0.2, -0.15) is 0 Å². The van der Waals surface area contributed by atoms with Gasteiger partial charge in [0, 0.05) is 6.07 Å². The number of aryl methyl sites for hydroxylation is 1. The molecule has 0 fully saturated rings. The van der Waals surface area contributed by atoms with Crippen LogP contribution in [0.1, 0.15) is 18.4 Å². The topological polar surface area (TPSA) is 67.2 Å². The molecule has 0 bridgehead atoms. The number of hydrogen-bond donors (Lipinski definition) is 2. The molecule has 1 aromatic heterocycles. The molecule has 1 amide bonds. The van der Waals surface area contributed by atoms with Crippen molar-refractivity contribution in [2.75, 3.05) is 7.05 Å². The molecular formula is C9H15N3O2. The smallest absolute Gasteiger partial charge is 0.237 e. The second-order valence-electron chi connectivity index (χ2n) is 3.16.